The van der Waals surface area contributed by atoms with Gasteiger partial charge in [-0.15, -0.1) is 0 Å². The maximum atomic E-state index is 14.7. The molecule has 0 atom stereocenters. The lowest BCUT2D eigenvalue weighted by Gasteiger charge is -2.34. The maximum Gasteiger partial charge on any atom is 0.146 e. The van der Waals surface area contributed by atoms with Crippen molar-refractivity contribution in [3.8, 4) is 11.1 Å². The number of nitrogens with zero attached hydrogens (tertiary/aromatic N) is 2. The Morgan fingerprint density at radius 1 is 0.852 bits per heavy atom. The van der Waals surface area contributed by atoms with E-state index in [9.17, 15) is 13.2 Å². The van der Waals surface area contributed by atoms with E-state index < -0.39 is 11.6 Å². The number of aromatic nitrogens is 1. The Kier molecular flexibility index (Phi) is 4.84. The van der Waals surface area contributed by atoms with Gasteiger partial charge in [0.1, 0.15) is 17.5 Å². The summed E-state index contributed by atoms with van der Waals surface area (Å²) in [6.45, 7) is 1.13. The Morgan fingerprint density at radius 3 is 2.37 bits per heavy atom. The fourth-order valence-electron chi connectivity index (χ4n) is 3.73. The molecule has 0 aliphatic carbocycles. The quantitative estimate of drug-likeness (QED) is 0.603. The minimum absolute atomic E-state index is 0.0702. The van der Waals surface area contributed by atoms with E-state index in [4.69, 9.17) is 0 Å². The van der Waals surface area contributed by atoms with E-state index in [-0.39, 0.29) is 17.4 Å². The number of pyridine rings is 1. The Labute approximate surface area is 156 Å². The zero-order valence-corrected chi connectivity index (χ0v) is 14.7. The van der Waals surface area contributed by atoms with Crippen molar-refractivity contribution in [2.45, 2.75) is 18.8 Å². The van der Waals surface area contributed by atoms with Gasteiger partial charge in [0.05, 0.1) is 5.69 Å². The Morgan fingerprint density at radius 2 is 1.67 bits per heavy atom. The van der Waals surface area contributed by atoms with Crippen LogP contribution in [0, 0.1) is 17.5 Å². The van der Waals surface area contributed by atoms with E-state index >= 15 is 0 Å². The van der Waals surface area contributed by atoms with Gasteiger partial charge in [0.15, 0.2) is 0 Å². The van der Waals surface area contributed by atoms with Gasteiger partial charge in [-0.3, -0.25) is 4.98 Å². The van der Waals surface area contributed by atoms with Crippen LogP contribution in [0.3, 0.4) is 0 Å². The largest absolute Gasteiger partial charge is 0.369 e. The second-order valence-corrected chi connectivity index (χ2v) is 6.84. The summed E-state index contributed by atoms with van der Waals surface area (Å²) < 4.78 is 42.1. The number of rotatable bonds is 3. The van der Waals surface area contributed by atoms with E-state index in [1.165, 1.54) is 6.07 Å². The third-order valence-electron chi connectivity index (χ3n) is 5.18. The van der Waals surface area contributed by atoms with Gasteiger partial charge in [-0.1, -0.05) is 18.2 Å². The first kappa shape index (κ1) is 17.6. The number of benzene rings is 2. The lowest BCUT2D eigenvalue weighted by molar-refractivity contribution is 0.475. The second kappa shape index (κ2) is 7.43. The van der Waals surface area contributed by atoms with E-state index in [1.807, 2.05) is 29.2 Å². The fraction of sp³-hybridized carbons (Fsp3) is 0.227. The number of anilines is 1. The van der Waals surface area contributed by atoms with Crippen molar-refractivity contribution in [1.82, 2.24) is 4.98 Å². The van der Waals surface area contributed by atoms with Gasteiger partial charge in [-0.05, 0) is 54.2 Å². The normalized spacial score (nSPS) is 15.1. The number of hydrogen-bond acceptors (Lipinski definition) is 2. The summed E-state index contributed by atoms with van der Waals surface area (Å²) in [7, 11) is 0. The highest BCUT2D eigenvalue weighted by atomic mass is 19.1. The maximum absolute atomic E-state index is 14.7. The molecule has 1 fully saturated rings. The van der Waals surface area contributed by atoms with Crippen LogP contribution in [0.4, 0.5) is 18.9 Å². The van der Waals surface area contributed by atoms with Crippen molar-refractivity contribution < 1.29 is 13.2 Å². The van der Waals surface area contributed by atoms with E-state index in [2.05, 4.69) is 4.98 Å². The molecular weight excluding hydrogens is 349 g/mol. The summed E-state index contributed by atoms with van der Waals surface area (Å²) in [5, 5.41) is 0. The van der Waals surface area contributed by atoms with Crippen molar-refractivity contribution >= 4 is 5.69 Å². The van der Waals surface area contributed by atoms with Crippen LogP contribution in [0.1, 0.15) is 24.3 Å². The molecule has 0 N–H and O–H groups in total. The molecule has 0 saturated carbocycles. The minimum Gasteiger partial charge on any atom is -0.369 e. The van der Waals surface area contributed by atoms with Crippen LogP contribution in [0.15, 0.2) is 60.9 Å². The zero-order valence-electron chi connectivity index (χ0n) is 14.7. The molecule has 0 bridgehead atoms. The molecule has 3 aromatic rings. The molecule has 2 heterocycles. The summed E-state index contributed by atoms with van der Waals surface area (Å²) in [5.41, 5.74) is 2.63. The standard InChI is InChI=1S/C22H19F3N2/c23-18-4-6-20(24)22(13-18)27-10-7-15(8-11-27)19-5-3-16(12-21(19)25)17-2-1-9-26-14-17/h1-6,9,12-15H,7-8,10-11H2. The first-order valence-electron chi connectivity index (χ1n) is 9.01. The molecule has 1 aliphatic rings. The van der Waals surface area contributed by atoms with Gasteiger partial charge < -0.3 is 4.90 Å². The summed E-state index contributed by atoms with van der Waals surface area (Å²) in [6.07, 6.45) is 4.78. The van der Waals surface area contributed by atoms with E-state index in [1.54, 1.807) is 18.5 Å². The molecule has 1 aromatic heterocycles. The first-order valence-corrected chi connectivity index (χ1v) is 9.01. The third-order valence-corrected chi connectivity index (χ3v) is 5.18. The van der Waals surface area contributed by atoms with Crippen LogP contribution >= 0.6 is 0 Å². The molecule has 0 radical (unpaired) electrons. The highest BCUT2D eigenvalue weighted by Gasteiger charge is 2.24. The predicted octanol–water partition coefficient (Wildman–Crippen LogP) is 5.55. The van der Waals surface area contributed by atoms with Crippen molar-refractivity contribution in [2.24, 2.45) is 0 Å². The van der Waals surface area contributed by atoms with Gasteiger partial charge in [0.25, 0.3) is 0 Å². The van der Waals surface area contributed by atoms with Crippen LogP contribution in [0.5, 0.6) is 0 Å². The summed E-state index contributed by atoms with van der Waals surface area (Å²) in [5.74, 6) is -1.04. The fourth-order valence-corrected chi connectivity index (χ4v) is 3.73. The Hall–Kier alpha value is -2.82. The molecule has 0 spiro atoms. The predicted molar refractivity (Wildman–Crippen MR) is 100 cm³/mol. The van der Waals surface area contributed by atoms with Gasteiger partial charge in [-0.25, -0.2) is 13.2 Å². The van der Waals surface area contributed by atoms with Crippen LogP contribution in [0.25, 0.3) is 11.1 Å². The number of piperidine rings is 1. The Bertz CT molecular complexity index is 936. The highest BCUT2D eigenvalue weighted by molar-refractivity contribution is 5.63. The molecule has 138 valence electrons. The van der Waals surface area contributed by atoms with Gasteiger partial charge >= 0.3 is 0 Å². The molecule has 1 aliphatic heterocycles. The van der Waals surface area contributed by atoms with Gasteiger partial charge in [0, 0.05) is 37.1 Å². The molecule has 5 heteroatoms. The van der Waals surface area contributed by atoms with Gasteiger partial charge in [0.2, 0.25) is 0 Å². The first-order chi connectivity index (χ1) is 13.1. The van der Waals surface area contributed by atoms with Crippen LogP contribution in [-0.2, 0) is 0 Å². The van der Waals surface area contributed by atoms with Crippen LogP contribution in [-0.4, -0.2) is 18.1 Å². The van der Waals surface area contributed by atoms with Crippen molar-refractivity contribution in [2.75, 3.05) is 18.0 Å². The smallest absolute Gasteiger partial charge is 0.146 e. The van der Waals surface area contributed by atoms with E-state index in [0.717, 1.165) is 23.3 Å². The lowest BCUT2D eigenvalue weighted by Crippen LogP contribution is -2.33. The van der Waals surface area contributed by atoms with Crippen molar-refractivity contribution in [3.63, 3.8) is 0 Å². The van der Waals surface area contributed by atoms with Crippen molar-refractivity contribution in [1.29, 1.82) is 0 Å². The summed E-state index contributed by atoms with van der Waals surface area (Å²) >= 11 is 0. The van der Waals surface area contributed by atoms with Gasteiger partial charge in [-0.2, -0.15) is 0 Å². The topological polar surface area (TPSA) is 16.1 Å². The Balaban J connectivity index is 1.49. The molecule has 27 heavy (non-hydrogen) atoms. The molecule has 2 nitrogen and oxygen atoms in total. The van der Waals surface area contributed by atoms with Crippen molar-refractivity contribution in [3.05, 3.63) is 83.9 Å². The number of halogens is 3. The van der Waals surface area contributed by atoms with Crippen LogP contribution < -0.4 is 4.90 Å². The molecule has 2 aromatic carbocycles. The SMILES string of the molecule is Fc1ccc(F)c(N2CCC(c3ccc(-c4cccnc4)cc3F)CC2)c1. The second-order valence-electron chi connectivity index (χ2n) is 6.84. The van der Waals surface area contributed by atoms with E-state index in [0.29, 0.717) is 31.5 Å². The molecule has 0 amide bonds. The summed E-state index contributed by atoms with van der Waals surface area (Å²) in [4.78, 5) is 5.90. The lowest BCUT2D eigenvalue weighted by atomic mass is 9.88. The molecule has 0 unspecified atom stereocenters. The minimum atomic E-state index is -0.453. The average Bonchev–Trinajstić information content (AvgIpc) is 2.71. The molecule has 4 rings (SSSR count). The monoisotopic (exact) mass is 368 g/mol. The molecule has 1 saturated heterocycles. The molecular formula is C22H19F3N2. The number of hydrogen-bond donors (Lipinski definition) is 0. The average molecular weight is 368 g/mol. The highest BCUT2D eigenvalue weighted by Crippen LogP contribution is 2.34. The third kappa shape index (κ3) is 3.68. The zero-order chi connectivity index (χ0) is 18.8. The summed E-state index contributed by atoms with van der Waals surface area (Å²) in [6, 6.07) is 12.5. The van der Waals surface area contributed by atoms with Crippen LogP contribution in [0.2, 0.25) is 0 Å².